The summed E-state index contributed by atoms with van der Waals surface area (Å²) < 4.78 is 13.0. The van der Waals surface area contributed by atoms with Crippen molar-refractivity contribution < 1.29 is 9.18 Å². The number of amides is 1. The molecule has 1 aliphatic rings. The third-order valence-electron chi connectivity index (χ3n) is 2.56. The van der Waals surface area contributed by atoms with E-state index in [4.69, 9.17) is 11.6 Å². The van der Waals surface area contributed by atoms with Gasteiger partial charge in [-0.05, 0) is 24.6 Å². The molecule has 1 fully saturated rings. The van der Waals surface area contributed by atoms with Gasteiger partial charge in [0.1, 0.15) is 11.9 Å². The van der Waals surface area contributed by atoms with Crippen LogP contribution in [-0.2, 0) is 4.79 Å². The van der Waals surface area contributed by atoms with Crippen LogP contribution in [0.2, 0.25) is 5.02 Å². The van der Waals surface area contributed by atoms with E-state index in [1.54, 1.807) is 6.07 Å². The maximum absolute atomic E-state index is 13.0. The Labute approximate surface area is 98.0 Å². The molecule has 16 heavy (non-hydrogen) atoms. The van der Waals surface area contributed by atoms with Crippen LogP contribution in [0.5, 0.6) is 0 Å². The standard InChI is InChI=1S/C11H12ClFN2O/c1-6-5-14-10(11(16)15-6)7-2-3-9(13)8(12)4-7/h2-4,6,10,14H,5H2,1H3,(H,15,16)/t6-,10+/m1/s1. The summed E-state index contributed by atoms with van der Waals surface area (Å²) in [6.07, 6.45) is 0. The van der Waals surface area contributed by atoms with Gasteiger partial charge in [-0.3, -0.25) is 4.79 Å². The van der Waals surface area contributed by atoms with Gasteiger partial charge in [0.15, 0.2) is 0 Å². The summed E-state index contributed by atoms with van der Waals surface area (Å²) in [4.78, 5) is 11.7. The molecule has 86 valence electrons. The summed E-state index contributed by atoms with van der Waals surface area (Å²) in [6, 6.07) is 3.97. The Kier molecular flexibility index (Phi) is 3.12. The third-order valence-corrected chi connectivity index (χ3v) is 2.85. The van der Waals surface area contributed by atoms with E-state index in [0.29, 0.717) is 12.1 Å². The zero-order valence-corrected chi connectivity index (χ0v) is 9.51. The van der Waals surface area contributed by atoms with Crippen molar-refractivity contribution >= 4 is 17.5 Å². The van der Waals surface area contributed by atoms with Crippen LogP contribution >= 0.6 is 11.6 Å². The lowest BCUT2D eigenvalue weighted by Gasteiger charge is -2.28. The van der Waals surface area contributed by atoms with E-state index in [0.717, 1.165) is 0 Å². The van der Waals surface area contributed by atoms with Gasteiger partial charge in [0.2, 0.25) is 5.91 Å². The number of nitrogens with one attached hydrogen (secondary N) is 2. The predicted molar refractivity (Wildman–Crippen MR) is 59.8 cm³/mol. The normalized spacial score (nSPS) is 25.3. The number of benzene rings is 1. The van der Waals surface area contributed by atoms with Crippen molar-refractivity contribution in [1.29, 1.82) is 0 Å². The van der Waals surface area contributed by atoms with E-state index < -0.39 is 11.9 Å². The Hall–Kier alpha value is -1.13. The topological polar surface area (TPSA) is 41.1 Å². The molecular weight excluding hydrogens is 231 g/mol. The number of hydrogen-bond donors (Lipinski definition) is 2. The van der Waals surface area contributed by atoms with Crippen molar-refractivity contribution in [1.82, 2.24) is 10.6 Å². The smallest absolute Gasteiger partial charge is 0.241 e. The fraction of sp³-hybridized carbons (Fsp3) is 0.364. The predicted octanol–water partition coefficient (Wildman–Crippen LogP) is 1.63. The van der Waals surface area contributed by atoms with Crippen molar-refractivity contribution in [2.45, 2.75) is 19.0 Å². The first-order valence-corrected chi connectivity index (χ1v) is 5.44. The van der Waals surface area contributed by atoms with Crippen molar-refractivity contribution in [3.63, 3.8) is 0 Å². The molecule has 0 unspecified atom stereocenters. The highest BCUT2D eigenvalue weighted by molar-refractivity contribution is 6.30. The molecule has 2 N–H and O–H groups in total. The third kappa shape index (κ3) is 2.18. The van der Waals surface area contributed by atoms with E-state index in [2.05, 4.69) is 10.6 Å². The zero-order chi connectivity index (χ0) is 11.7. The lowest BCUT2D eigenvalue weighted by molar-refractivity contribution is -0.125. The maximum Gasteiger partial charge on any atom is 0.241 e. The second-order valence-electron chi connectivity index (χ2n) is 3.92. The Bertz CT molecular complexity index is 424. The Morgan fingerprint density at radius 1 is 1.50 bits per heavy atom. The summed E-state index contributed by atoms with van der Waals surface area (Å²) in [6.45, 7) is 2.60. The fourth-order valence-electron chi connectivity index (χ4n) is 1.73. The number of halogens is 2. The number of hydrogen-bond acceptors (Lipinski definition) is 2. The van der Waals surface area contributed by atoms with Crippen molar-refractivity contribution in [2.75, 3.05) is 6.54 Å². The van der Waals surface area contributed by atoms with Gasteiger partial charge in [0.25, 0.3) is 0 Å². The summed E-state index contributed by atoms with van der Waals surface area (Å²) >= 11 is 5.67. The minimum Gasteiger partial charge on any atom is -0.351 e. The van der Waals surface area contributed by atoms with E-state index in [-0.39, 0.29) is 17.0 Å². The summed E-state index contributed by atoms with van der Waals surface area (Å²) in [5.74, 6) is -0.587. The number of carbonyl (C=O) groups excluding carboxylic acids is 1. The number of carbonyl (C=O) groups is 1. The molecule has 0 bridgehead atoms. The molecule has 1 aromatic carbocycles. The SMILES string of the molecule is C[C@@H]1CN[C@@H](c2ccc(F)c(Cl)c2)C(=O)N1. The number of piperazine rings is 1. The van der Waals surface area contributed by atoms with Gasteiger partial charge >= 0.3 is 0 Å². The summed E-state index contributed by atoms with van der Waals surface area (Å²) in [5, 5.41) is 5.95. The van der Waals surface area contributed by atoms with Crippen LogP contribution in [0.1, 0.15) is 18.5 Å². The average Bonchev–Trinajstić information content (AvgIpc) is 2.22. The van der Waals surface area contributed by atoms with Gasteiger partial charge < -0.3 is 10.6 Å². The minimum absolute atomic E-state index is 0.0331. The van der Waals surface area contributed by atoms with E-state index in [1.165, 1.54) is 12.1 Å². The molecule has 2 atom stereocenters. The molecule has 0 aliphatic carbocycles. The molecule has 1 saturated heterocycles. The van der Waals surface area contributed by atoms with Crippen LogP contribution in [0.4, 0.5) is 4.39 Å². The highest BCUT2D eigenvalue weighted by Gasteiger charge is 2.26. The van der Waals surface area contributed by atoms with Gasteiger partial charge in [-0.15, -0.1) is 0 Å². The molecule has 1 aliphatic heterocycles. The van der Waals surface area contributed by atoms with Gasteiger partial charge in [-0.2, -0.15) is 0 Å². The Morgan fingerprint density at radius 3 is 2.88 bits per heavy atom. The van der Waals surface area contributed by atoms with E-state index in [1.807, 2.05) is 6.92 Å². The quantitative estimate of drug-likeness (QED) is 0.786. The van der Waals surface area contributed by atoms with Gasteiger partial charge in [0.05, 0.1) is 5.02 Å². The second kappa shape index (κ2) is 4.39. The largest absolute Gasteiger partial charge is 0.351 e. The minimum atomic E-state index is -0.477. The molecule has 2 rings (SSSR count). The summed E-state index contributed by atoms with van der Waals surface area (Å²) in [7, 11) is 0. The molecular formula is C11H12ClFN2O. The van der Waals surface area contributed by atoms with Crippen LogP contribution in [0, 0.1) is 5.82 Å². The van der Waals surface area contributed by atoms with Gasteiger partial charge in [0, 0.05) is 12.6 Å². The van der Waals surface area contributed by atoms with Crippen LogP contribution in [0.3, 0.4) is 0 Å². The van der Waals surface area contributed by atoms with Crippen LogP contribution in [0.15, 0.2) is 18.2 Å². The number of rotatable bonds is 1. The average molecular weight is 243 g/mol. The molecule has 0 aromatic heterocycles. The van der Waals surface area contributed by atoms with Gasteiger partial charge in [-0.25, -0.2) is 4.39 Å². The Morgan fingerprint density at radius 2 is 2.25 bits per heavy atom. The first-order chi connectivity index (χ1) is 7.58. The van der Waals surface area contributed by atoms with Crippen LogP contribution in [0.25, 0.3) is 0 Å². The molecule has 0 radical (unpaired) electrons. The first-order valence-electron chi connectivity index (χ1n) is 5.06. The molecule has 1 heterocycles. The van der Waals surface area contributed by atoms with Crippen molar-refractivity contribution in [2.24, 2.45) is 0 Å². The highest BCUT2D eigenvalue weighted by atomic mass is 35.5. The Balaban J connectivity index is 2.24. The monoisotopic (exact) mass is 242 g/mol. The summed E-state index contributed by atoms with van der Waals surface area (Å²) in [5.41, 5.74) is 0.677. The molecule has 1 amide bonds. The van der Waals surface area contributed by atoms with E-state index >= 15 is 0 Å². The van der Waals surface area contributed by atoms with Crippen LogP contribution < -0.4 is 10.6 Å². The highest BCUT2D eigenvalue weighted by Crippen LogP contribution is 2.22. The van der Waals surface area contributed by atoms with E-state index in [9.17, 15) is 9.18 Å². The lowest BCUT2D eigenvalue weighted by Crippen LogP contribution is -2.52. The lowest BCUT2D eigenvalue weighted by atomic mass is 10.0. The molecule has 0 spiro atoms. The molecule has 0 saturated carbocycles. The molecule has 1 aromatic rings. The maximum atomic E-state index is 13.0. The van der Waals surface area contributed by atoms with Crippen molar-refractivity contribution in [3.05, 3.63) is 34.6 Å². The van der Waals surface area contributed by atoms with Crippen LogP contribution in [-0.4, -0.2) is 18.5 Å². The fourth-order valence-corrected chi connectivity index (χ4v) is 1.91. The van der Waals surface area contributed by atoms with Gasteiger partial charge in [-0.1, -0.05) is 17.7 Å². The zero-order valence-electron chi connectivity index (χ0n) is 8.76. The second-order valence-corrected chi connectivity index (χ2v) is 4.33. The van der Waals surface area contributed by atoms with Crippen molar-refractivity contribution in [3.8, 4) is 0 Å². The first kappa shape index (κ1) is 11.4. The molecule has 5 heteroatoms. The molecule has 3 nitrogen and oxygen atoms in total.